The van der Waals surface area contributed by atoms with Gasteiger partial charge < -0.3 is 14.2 Å². The Kier molecular flexibility index (Phi) is 6.89. The number of nitrogens with zero attached hydrogens (tertiary/aromatic N) is 3. The van der Waals surface area contributed by atoms with Crippen molar-refractivity contribution in [3.05, 3.63) is 107 Å². The Morgan fingerprint density at radius 2 is 1.94 bits per heavy atom. The van der Waals surface area contributed by atoms with Gasteiger partial charge in [0.25, 0.3) is 0 Å². The minimum Gasteiger partial charge on any atom is -0.497 e. The number of hydrogen-bond donors (Lipinski definition) is 0. The van der Waals surface area contributed by atoms with Crippen LogP contribution in [0.2, 0.25) is 0 Å². The smallest absolute Gasteiger partial charge is 0.344 e. The molecule has 0 unspecified atom stereocenters. The van der Waals surface area contributed by atoms with Gasteiger partial charge in [0.1, 0.15) is 5.75 Å². The number of aromatic nitrogens is 2. The monoisotopic (exact) mass is 453 g/mol. The Morgan fingerprint density at radius 1 is 1.12 bits per heavy atom. The predicted octanol–water partition coefficient (Wildman–Crippen LogP) is 5.25. The van der Waals surface area contributed by atoms with Crippen molar-refractivity contribution in [1.29, 1.82) is 0 Å². The summed E-state index contributed by atoms with van der Waals surface area (Å²) in [6.07, 6.45) is 3.34. The second-order valence-corrected chi connectivity index (χ2v) is 7.25. The summed E-state index contributed by atoms with van der Waals surface area (Å²) in [6, 6.07) is 18.4. The van der Waals surface area contributed by atoms with Crippen LogP contribution >= 0.6 is 0 Å². The van der Waals surface area contributed by atoms with Gasteiger partial charge in [-0.15, -0.1) is 0 Å². The molecule has 4 rings (SSSR count). The average molecular weight is 453 g/mol. The first-order valence-corrected chi connectivity index (χ1v) is 10.7. The highest BCUT2D eigenvalue weighted by Gasteiger charge is 2.18. The highest BCUT2D eigenvalue weighted by Crippen LogP contribution is 2.23. The Labute approximate surface area is 197 Å². The van der Waals surface area contributed by atoms with Crippen molar-refractivity contribution in [1.82, 2.24) is 9.78 Å². The van der Waals surface area contributed by atoms with Gasteiger partial charge in [0.2, 0.25) is 5.76 Å². The van der Waals surface area contributed by atoms with Crippen molar-refractivity contribution in [3.63, 3.8) is 0 Å². The average Bonchev–Trinajstić information content (AvgIpc) is 3.25. The van der Waals surface area contributed by atoms with Gasteiger partial charge in [-0.3, -0.25) is 0 Å². The first kappa shape index (κ1) is 22.6. The van der Waals surface area contributed by atoms with Crippen LogP contribution in [0.3, 0.4) is 0 Å². The molecule has 1 aliphatic rings. The molecule has 34 heavy (non-hydrogen) atoms. The van der Waals surface area contributed by atoms with Crippen molar-refractivity contribution < 1.29 is 19.0 Å². The molecule has 1 aliphatic carbocycles. The summed E-state index contributed by atoms with van der Waals surface area (Å²) >= 11 is 0. The third kappa shape index (κ3) is 5.25. The van der Waals surface area contributed by atoms with Crippen LogP contribution in [0.15, 0.2) is 100 Å². The summed E-state index contributed by atoms with van der Waals surface area (Å²) in [7, 11) is 1.54. The van der Waals surface area contributed by atoms with E-state index >= 15 is 0 Å². The van der Waals surface area contributed by atoms with E-state index in [0.717, 1.165) is 11.4 Å². The van der Waals surface area contributed by atoms with Gasteiger partial charge in [0, 0.05) is 23.9 Å². The van der Waals surface area contributed by atoms with Gasteiger partial charge in [-0.1, -0.05) is 30.0 Å². The van der Waals surface area contributed by atoms with Crippen LogP contribution < -0.4 is 4.74 Å². The first-order chi connectivity index (χ1) is 16.6. The maximum Gasteiger partial charge on any atom is 0.344 e. The molecule has 2 aromatic carbocycles. The van der Waals surface area contributed by atoms with E-state index in [0.29, 0.717) is 35.1 Å². The summed E-state index contributed by atoms with van der Waals surface area (Å²) in [4.78, 5) is 17.2. The van der Waals surface area contributed by atoms with Crippen molar-refractivity contribution in [2.75, 3.05) is 13.7 Å². The number of allylic oxidation sites excluding steroid dienone is 2. The maximum absolute atomic E-state index is 12.6. The van der Waals surface area contributed by atoms with Gasteiger partial charge in [-0.05, 0) is 49.9 Å². The number of methoxy groups -OCH3 is 1. The molecular formula is C27H23N3O4. The number of carbonyl (C=O) groups excluding carboxylic acids is 1. The highest BCUT2D eigenvalue weighted by atomic mass is 16.6. The number of hydrogen-bond acceptors (Lipinski definition) is 6. The van der Waals surface area contributed by atoms with E-state index in [9.17, 15) is 4.79 Å². The molecule has 0 saturated heterocycles. The van der Waals surface area contributed by atoms with Gasteiger partial charge in [-0.2, -0.15) is 5.10 Å². The van der Waals surface area contributed by atoms with Crippen LogP contribution in [-0.2, 0) is 9.47 Å². The number of ether oxygens (including phenoxy) is 3. The van der Waals surface area contributed by atoms with E-state index in [-0.39, 0.29) is 5.76 Å². The number of para-hydroxylation sites is 1. The van der Waals surface area contributed by atoms with E-state index in [1.165, 1.54) is 7.11 Å². The van der Waals surface area contributed by atoms with Gasteiger partial charge in [0.05, 0.1) is 30.7 Å². The number of carbonyl (C=O) groups is 1. The van der Waals surface area contributed by atoms with E-state index in [1.54, 1.807) is 41.2 Å². The lowest BCUT2D eigenvalue weighted by Crippen LogP contribution is -2.09. The summed E-state index contributed by atoms with van der Waals surface area (Å²) in [5, 5.41) is 4.52. The SMILES string of the molecule is CCOC1=CC(C=Nc2cc(C)nn2-c2ccccc2)=C=C=C1OC(=O)c1cccc(OC)c1. The third-order valence-electron chi connectivity index (χ3n) is 4.78. The molecule has 1 aromatic heterocycles. The largest absolute Gasteiger partial charge is 0.497 e. The minimum atomic E-state index is -0.548. The molecule has 170 valence electrons. The third-order valence-corrected chi connectivity index (χ3v) is 4.78. The fourth-order valence-corrected chi connectivity index (χ4v) is 3.22. The van der Waals surface area contributed by atoms with E-state index in [1.807, 2.05) is 50.2 Å². The Hall–Kier alpha value is -4.57. The lowest BCUT2D eigenvalue weighted by molar-refractivity contribution is 0.0597. The van der Waals surface area contributed by atoms with Gasteiger partial charge >= 0.3 is 5.97 Å². The van der Waals surface area contributed by atoms with E-state index in [4.69, 9.17) is 14.2 Å². The van der Waals surface area contributed by atoms with Crippen LogP contribution in [-0.4, -0.2) is 35.7 Å². The molecule has 0 spiro atoms. The number of aliphatic imine (C=N–C) groups is 1. The fraction of sp³-hybridized carbons (Fsp3) is 0.148. The van der Waals surface area contributed by atoms with Crippen molar-refractivity contribution in [2.24, 2.45) is 4.99 Å². The molecule has 0 aliphatic heterocycles. The van der Waals surface area contributed by atoms with Crippen molar-refractivity contribution >= 4 is 18.0 Å². The fourth-order valence-electron chi connectivity index (χ4n) is 3.22. The van der Waals surface area contributed by atoms with Crippen molar-refractivity contribution in [3.8, 4) is 11.4 Å². The maximum atomic E-state index is 12.6. The summed E-state index contributed by atoms with van der Waals surface area (Å²) in [6.45, 7) is 4.15. The van der Waals surface area contributed by atoms with Crippen LogP contribution in [0.4, 0.5) is 5.82 Å². The van der Waals surface area contributed by atoms with Crippen LogP contribution in [0.25, 0.3) is 5.69 Å². The molecule has 3 aromatic rings. The van der Waals surface area contributed by atoms with E-state index in [2.05, 4.69) is 21.6 Å². The summed E-state index contributed by atoms with van der Waals surface area (Å²) in [5.74, 6) is 1.20. The first-order valence-electron chi connectivity index (χ1n) is 10.7. The lowest BCUT2D eigenvalue weighted by Gasteiger charge is -2.13. The molecule has 0 radical (unpaired) electrons. The Morgan fingerprint density at radius 3 is 2.71 bits per heavy atom. The Balaban J connectivity index is 1.61. The molecule has 7 nitrogen and oxygen atoms in total. The molecule has 0 atom stereocenters. The number of esters is 1. The van der Waals surface area contributed by atoms with Crippen LogP contribution in [0.1, 0.15) is 23.0 Å². The standard InChI is InChI=1S/C27H23N3O4/c1-4-33-25-16-20(13-14-24(25)34-27(31)21-9-8-12-23(17-21)32-3)18-28-26-15-19(2)29-30(26)22-10-6-5-7-11-22/h5-12,15-18H,4H2,1-3H3. The number of aryl methyl sites for hydroxylation is 1. The molecule has 7 heteroatoms. The quantitative estimate of drug-likeness (QED) is 0.265. The van der Waals surface area contributed by atoms with Crippen LogP contribution in [0.5, 0.6) is 5.75 Å². The minimum absolute atomic E-state index is 0.150. The summed E-state index contributed by atoms with van der Waals surface area (Å²) < 4.78 is 18.1. The Bertz CT molecular complexity index is 1370. The number of benzene rings is 2. The molecule has 0 N–H and O–H groups in total. The zero-order valence-corrected chi connectivity index (χ0v) is 19.1. The normalized spacial score (nSPS) is 12.7. The second kappa shape index (κ2) is 10.4. The van der Waals surface area contributed by atoms with Gasteiger partial charge in [-0.25, -0.2) is 14.5 Å². The molecule has 0 fully saturated rings. The molecule has 0 bridgehead atoms. The molecule has 0 amide bonds. The zero-order valence-electron chi connectivity index (χ0n) is 19.1. The molecule has 0 saturated carbocycles. The highest BCUT2D eigenvalue weighted by molar-refractivity contribution is 5.91. The lowest BCUT2D eigenvalue weighted by atomic mass is 10.2. The molecule has 1 heterocycles. The van der Waals surface area contributed by atoms with E-state index < -0.39 is 5.97 Å². The van der Waals surface area contributed by atoms with Crippen molar-refractivity contribution in [2.45, 2.75) is 13.8 Å². The predicted molar refractivity (Wildman–Crippen MR) is 129 cm³/mol. The summed E-state index contributed by atoms with van der Waals surface area (Å²) in [5.41, 5.74) is 8.56. The second-order valence-electron chi connectivity index (χ2n) is 7.25. The topological polar surface area (TPSA) is 74.9 Å². The van der Waals surface area contributed by atoms with Crippen LogP contribution in [0, 0.1) is 6.92 Å². The van der Waals surface area contributed by atoms with Gasteiger partial charge in [0.15, 0.2) is 11.6 Å². The molecular weight excluding hydrogens is 430 g/mol. The number of rotatable bonds is 8. The zero-order chi connectivity index (χ0) is 23.9.